The Kier molecular flexibility index (Phi) is 25.1. The van der Waals surface area contributed by atoms with Gasteiger partial charge in [0.1, 0.15) is 0 Å². The Balaban J connectivity index is -0.00000264. The summed E-state index contributed by atoms with van der Waals surface area (Å²) in [4.78, 5) is 0. The molecule has 0 aromatic carbocycles. The van der Waals surface area contributed by atoms with Crippen molar-refractivity contribution in [1.82, 2.24) is 0 Å². The summed E-state index contributed by atoms with van der Waals surface area (Å²) in [5.41, 5.74) is 1.87. The first-order valence-electron chi connectivity index (χ1n) is 10.7. The molecular weight excluding hydrogens is 486 g/mol. The molecule has 26 heavy (non-hydrogen) atoms. The van der Waals surface area contributed by atoms with Crippen molar-refractivity contribution < 1.29 is 0 Å². The van der Waals surface area contributed by atoms with Crippen molar-refractivity contribution in [3.8, 4) is 0 Å². The summed E-state index contributed by atoms with van der Waals surface area (Å²) in [5.74, 6) is 1.77. The lowest BCUT2D eigenvalue weighted by atomic mass is 10.1. The van der Waals surface area contributed by atoms with Crippen molar-refractivity contribution in [2.24, 2.45) is 11.8 Å². The molecule has 2 unspecified atom stereocenters. The van der Waals surface area contributed by atoms with Crippen LogP contribution in [0.3, 0.4) is 0 Å². The Morgan fingerprint density at radius 2 is 0.769 bits per heavy atom. The maximum atomic E-state index is 2.48. The number of hydrogen-bond donors (Lipinski definition) is 0. The molecule has 0 radical (unpaired) electrons. The molecule has 0 fully saturated rings. The van der Waals surface area contributed by atoms with Crippen LogP contribution in [0.15, 0.2) is 0 Å². The molecule has 0 aromatic rings. The van der Waals surface area contributed by atoms with Gasteiger partial charge in [-0.3, -0.25) is 0 Å². The van der Waals surface area contributed by atoms with Gasteiger partial charge in [0, 0.05) is 0 Å². The lowest BCUT2D eigenvalue weighted by Crippen LogP contribution is -2.09. The lowest BCUT2D eigenvalue weighted by molar-refractivity contribution is 0.550. The molecule has 0 nitrogen and oxygen atoms in total. The summed E-state index contributed by atoms with van der Waals surface area (Å²) in [7, 11) is 0.559. The molecule has 0 heterocycles. The largest absolute Gasteiger partial charge is 0.114 e. The predicted octanol–water partition coefficient (Wildman–Crippen LogP) is 9.58. The Hall–Kier alpha value is 1.82. The van der Waals surface area contributed by atoms with Gasteiger partial charge in [-0.25, -0.2) is 0 Å². The zero-order valence-electron chi connectivity index (χ0n) is 19.1. The third kappa shape index (κ3) is 19.2. The SMILES string of the molecule is Br.Br.CC(C)CCCCP(CCP(CCCCC(C)C)C(C)C)C(C)C. The zero-order chi connectivity index (χ0) is 18.5. The van der Waals surface area contributed by atoms with Crippen LogP contribution < -0.4 is 0 Å². The van der Waals surface area contributed by atoms with Crippen LogP contribution in [0.1, 0.15) is 93.9 Å². The van der Waals surface area contributed by atoms with E-state index in [1.807, 2.05) is 0 Å². The summed E-state index contributed by atoms with van der Waals surface area (Å²) in [6.07, 6.45) is 14.9. The molecule has 162 valence electrons. The molecular formula is C22H50Br2P2. The van der Waals surface area contributed by atoms with E-state index in [2.05, 4.69) is 55.4 Å². The molecule has 2 atom stereocenters. The van der Waals surface area contributed by atoms with Crippen molar-refractivity contribution in [2.45, 2.75) is 105 Å². The molecule has 0 rings (SSSR count). The van der Waals surface area contributed by atoms with E-state index in [0.29, 0.717) is 0 Å². The molecule has 0 saturated carbocycles. The van der Waals surface area contributed by atoms with E-state index in [1.165, 1.54) is 50.8 Å². The van der Waals surface area contributed by atoms with E-state index >= 15 is 0 Å². The lowest BCUT2D eigenvalue weighted by Gasteiger charge is -2.27. The van der Waals surface area contributed by atoms with Gasteiger partial charge in [0.25, 0.3) is 0 Å². The molecule has 0 saturated heterocycles. The van der Waals surface area contributed by atoms with Crippen LogP contribution in [0, 0.1) is 11.8 Å². The molecule has 0 N–H and O–H groups in total. The summed E-state index contributed by atoms with van der Waals surface area (Å²) < 4.78 is 0. The van der Waals surface area contributed by atoms with Crippen molar-refractivity contribution >= 4 is 49.8 Å². The molecule has 0 aliphatic carbocycles. The molecule has 0 aliphatic heterocycles. The van der Waals surface area contributed by atoms with E-state index in [9.17, 15) is 0 Å². The van der Waals surface area contributed by atoms with Crippen LogP contribution in [0.4, 0.5) is 0 Å². The molecule has 0 amide bonds. The van der Waals surface area contributed by atoms with E-state index < -0.39 is 0 Å². The van der Waals surface area contributed by atoms with Crippen LogP contribution in [-0.4, -0.2) is 36.0 Å². The van der Waals surface area contributed by atoms with Crippen molar-refractivity contribution in [1.29, 1.82) is 0 Å². The highest BCUT2D eigenvalue weighted by atomic mass is 79.9. The van der Waals surface area contributed by atoms with Gasteiger partial charge in [0.05, 0.1) is 0 Å². The Morgan fingerprint density at radius 1 is 0.462 bits per heavy atom. The van der Waals surface area contributed by atoms with Crippen molar-refractivity contribution in [3.05, 3.63) is 0 Å². The molecule has 0 bridgehead atoms. The quantitative estimate of drug-likeness (QED) is 0.144. The average Bonchev–Trinajstić information content (AvgIpc) is 2.46. The van der Waals surface area contributed by atoms with Gasteiger partial charge in [-0.1, -0.05) is 81.1 Å². The first kappa shape index (κ1) is 32.5. The van der Waals surface area contributed by atoms with Gasteiger partial charge >= 0.3 is 0 Å². The predicted molar refractivity (Wildman–Crippen MR) is 142 cm³/mol. The minimum atomic E-state index is 0. The summed E-state index contributed by atoms with van der Waals surface area (Å²) in [5, 5.41) is 0. The van der Waals surface area contributed by atoms with Gasteiger partial charge in [-0.2, -0.15) is 0 Å². The molecule has 0 aromatic heterocycles. The Morgan fingerprint density at radius 3 is 1.00 bits per heavy atom. The van der Waals surface area contributed by atoms with E-state index in [0.717, 1.165) is 23.2 Å². The first-order valence-corrected chi connectivity index (χ1v) is 14.3. The second-order valence-electron chi connectivity index (χ2n) is 9.04. The fourth-order valence-corrected chi connectivity index (χ4v) is 9.08. The fraction of sp³-hybridized carbons (Fsp3) is 1.00. The third-order valence-electron chi connectivity index (χ3n) is 5.09. The Labute approximate surface area is 190 Å². The highest BCUT2D eigenvalue weighted by Gasteiger charge is 2.17. The van der Waals surface area contributed by atoms with E-state index in [1.54, 1.807) is 12.3 Å². The minimum absolute atomic E-state index is 0. The van der Waals surface area contributed by atoms with Crippen molar-refractivity contribution in [2.75, 3.05) is 24.6 Å². The first-order chi connectivity index (χ1) is 11.2. The second-order valence-corrected chi connectivity index (χ2v) is 15.2. The van der Waals surface area contributed by atoms with Crippen molar-refractivity contribution in [3.63, 3.8) is 0 Å². The second kappa shape index (κ2) is 20.1. The zero-order valence-corrected chi connectivity index (χ0v) is 24.3. The number of hydrogen-bond acceptors (Lipinski definition) is 0. The van der Waals surface area contributed by atoms with Crippen LogP contribution in [0.2, 0.25) is 0 Å². The van der Waals surface area contributed by atoms with Crippen LogP contribution in [0.25, 0.3) is 0 Å². The topological polar surface area (TPSA) is 0 Å². The molecule has 4 heteroatoms. The Bertz CT molecular complexity index is 253. The number of rotatable bonds is 15. The van der Waals surface area contributed by atoms with Gasteiger partial charge in [-0.15, -0.1) is 49.8 Å². The standard InChI is InChI=1S/C22H48P2.2BrH/c1-19(2)13-9-11-15-23(21(5)6)17-18-24(22(7)8)16-12-10-14-20(3)4;;/h19-22H,9-18H2,1-8H3;2*1H. The van der Waals surface area contributed by atoms with Crippen LogP contribution in [0.5, 0.6) is 0 Å². The normalized spacial score (nSPS) is 13.8. The highest BCUT2D eigenvalue weighted by molar-refractivity contribution is 8.93. The van der Waals surface area contributed by atoms with Gasteiger partial charge in [0.2, 0.25) is 0 Å². The highest BCUT2D eigenvalue weighted by Crippen LogP contribution is 2.49. The molecule has 0 aliphatic rings. The third-order valence-corrected chi connectivity index (χ3v) is 11.7. The summed E-state index contributed by atoms with van der Waals surface area (Å²) in [6.45, 7) is 19.4. The molecule has 0 spiro atoms. The van der Waals surface area contributed by atoms with Gasteiger partial charge in [0.15, 0.2) is 0 Å². The van der Waals surface area contributed by atoms with Crippen LogP contribution >= 0.6 is 49.8 Å². The minimum Gasteiger partial charge on any atom is -0.114 e. The maximum absolute atomic E-state index is 2.48. The van der Waals surface area contributed by atoms with Crippen LogP contribution in [-0.2, 0) is 0 Å². The maximum Gasteiger partial charge on any atom is -0.0266 e. The summed E-state index contributed by atoms with van der Waals surface area (Å²) >= 11 is 0. The number of halogens is 2. The van der Waals surface area contributed by atoms with Gasteiger partial charge in [-0.05, 0) is 60.6 Å². The smallest absolute Gasteiger partial charge is 0.0266 e. The monoisotopic (exact) mass is 534 g/mol. The van der Waals surface area contributed by atoms with Gasteiger partial charge < -0.3 is 0 Å². The fourth-order valence-electron chi connectivity index (χ4n) is 3.25. The van der Waals surface area contributed by atoms with E-state index in [-0.39, 0.29) is 49.8 Å². The van der Waals surface area contributed by atoms with E-state index in [4.69, 9.17) is 0 Å². The number of unbranched alkanes of at least 4 members (excludes halogenated alkanes) is 2. The summed E-state index contributed by atoms with van der Waals surface area (Å²) in [6, 6.07) is 0. The average molecular weight is 536 g/mol.